The molecule has 0 spiro atoms. The van der Waals surface area contributed by atoms with Crippen LogP contribution in [-0.4, -0.2) is 40.4 Å². The first-order valence-corrected chi connectivity index (χ1v) is 9.10. The molecule has 3 rings (SSSR count). The fraction of sp³-hybridized carbons (Fsp3) is 0.526. The molecule has 1 saturated carbocycles. The van der Waals surface area contributed by atoms with E-state index in [1.807, 2.05) is 25.1 Å². The molecule has 1 aromatic heterocycles. The molecule has 1 amide bonds. The number of hydrogen-bond donors (Lipinski definition) is 2. The summed E-state index contributed by atoms with van der Waals surface area (Å²) in [5.41, 5.74) is 0.954. The van der Waals surface area contributed by atoms with E-state index in [4.69, 9.17) is 9.26 Å². The predicted molar refractivity (Wildman–Crippen MR) is 94.9 cm³/mol. The first-order valence-electron chi connectivity index (χ1n) is 9.10. The summed E-state index contributed by atoms with van der Waals surface area (Å²) < 4.78 is 10.8. The summed E-state index contributed by atoms with van der Waals surface area (Å²) in [4.78, 5) is 16.4. The van der Waals surface area contributed by atoms with E-state index in [1.54, 1.807) is 6.07 Å². The van der Waals surface area contributed by atoms with E-state index in [-0.39, 0.29) is 6.61 Å². The van der Waals surface area contributed by atoms with Crippen molar-refractivity contribution in [1.29, 1.82) is 0 Å². The van der Waals surface area contributed by atoms with Crippen molar-refractivity contribution in [3.63, 3.8) is 0 Å². The zero-order valence-electron chi connectivity index (χ0n) is 15.0. The second-order valence-corrected chi connectivity index (χ2v) is 6.66. The lowest BCUT2D eigenvalue weighted by atomic mass is 10.1. The largest absolute Gasteiger partial charge is 0.490 e. The van der Waals surface area contributed by atoms with E-state index < -0.39 is 12.0 Å². The monoisotopic (exact) mass is 359 g/mol. The van der Waals surface area contributed by atoms with Crippen molar-refractivity contribution >= 4 is 5.91 Å². The highest BCUT2D eigenvalue weighted by Gasteiger charge is 2.23. The number of benzene rings is 1. The first kappa shape index (κ1) is 18.4. The van der Waals surface area contributed by atoms with Crippen LogP contribution < -0.4 is 10.1 Å². The van der Waals surface area contributed by atoms with Crippen molar-refractivity contribution in [1.82, 2.24) is 15.5 Å². The Kier molecular flexibility index (Phi) is 6.22. The molecule has 0 aliphatic heterocycles. The minimum atomic E-state index is -1.23. The quantitative estimate of drug-likeness (QED) is 0.749. The number of carbonyl (C=O) groups excluding carboxylic acids is 1. The molecule has 1 aliphatic carbocycles. The van der Waals surface area contributed by atoms with Gasteiger partial charge in [-0.1, -0.05) is 36.2 Å². The molecule has 7 heteroatoms. The normalized spacial score (nSPS) is 15.8. The van der Waals surface area contributed by atoms with Gasteiger partial charge in [-0.25, -0.2) is 0 Å². The number of carbonyl (C=O) groups is 1. The van der Waals surface area contributed by atoms with Crippen LogP contribution in [0.15, 0.2) is 28.8 Å². The van der Waals surface area contributed by atoms with Crippen LogP contribution in [0.1, 0.15) is 48.9 Å². The number of amides is 1. The van der Waals surface area contributed by atoms with Gasteiger partial charge in [-0.05, 0) is 31.4 Å². The molecular weight excluding hydrogens is 334 g/mol. The number of para-hydroxylation sites is 1. The standard InChI is InChI=1S/C19H25N3O4/c1-13-6-2-5-9-16(13)25-12-15(23)18(24)20-11-10-17-21-19(26-22-17)14-7-3-4-8-14/h2,5-6,9,14-15,23H,3-4,7-8,10-12H2,1H3,(H,20,24)/t15-/m0/s1. The average molecular weight is 359 g/mol. The number of nitrogens with zero attached hydrogens (tertiary/aromatic N) is 2. The fourth-order valence-corrected chi connectivity index (χ4v) is 3.09. The Hall–Kier alpha value is -2.41. The maximum atomic E-state index is 11.9. The SMILES string of the molecule is Cc1ccccc1OC[C@H](O)C(=O)NCCc1noc(C2CCCC2)n1. The lowest BCUT2D eigenvalue weighted by molar-refractivity contribution is -0.130. The first-order chi connectivity index (χ1) is 12.6. The van der Waals surface area contributed by atoms with E-state index in [2.05, 4.69) is 15.5 Å². The molecule has 1 atom stereocenters. The van der Waals surface area contributed by atoms with Gasteiger partial charge in [-0.2, -0.15) is 4.98 Å². The zero-order chi connectivity index (χ0) is 18.4. The second kappa shape index (κ2) is 8.80. The van der Waals surface area contributed by atoms with Gasteiger partial charge in [0, 0.05) is 18.9 Å². The summed E-state index contributed by atoms with van der Waals surface area (Å²) in [7, 11) is 0. The fourth-order valence-electron chi connectivity index (χ4n) is 3.09. The number of nitrogens with one attached hydrogen (secondary N) is 1. The van der Waals surface area contributed by atoms with Crippen LogP contribution >= 0.6 is 0 Å². The van der Waals surface area contributed by atoms with Crippen molar-refractivity contribution in [2.24, 2.45) is 0 Å². The number of aliphatic hydroxyl groups excluding tert-OH is 1. The van der Waals surface area contributed by atoms with E-state index >= 15 is 0 Å². The molecule has 0 saturated heterocycles. The topological polar surface area (TPSA) is 97.5 Å². The Morgan fingerprint density at radius 1 is 1.38 bits per heavy atom. The number of hydrogen-bond acceptors (Lipinski definition) is 6. The minimum absolute atomic E-state index is 0.0925. The molecule has 0 unspecified atom stereocenters. The predicted octanol–water partition coefficient (Wildman–Crippen LogP) is 2.13. The molecule has 26 heavy (non-hydrogen) atoms. The minimum Gasteiger partial charge on any atom is -0.490 e. The number of aliphatic hydroxyl groups is 1. The summed E-state index contributed by atoms with van der Waals surface area (Å²) >= 11 is 0. The lowest BCUT2D eigenvalue weighted by Crippen LogP contribution is -2.39. The number of aryl methyl sites for hydroxylation is 1. The van der Waals surface area contributed by atoms with Crippen LogP contribution in [0.4, 0.5) is 0 Å². The van der Waals surface area contributed by atoms with Gasteiger partial charge >= 0.3 is 0 Å². The molecule has 1 aliphatic rings. The molecule has 1 heterocycles. The highest BCUT2D eigenvalue weighted by molar-refractivity contribution is 5.80. The number of aromatic nitrogens is 2. The van der Waals surface area contributed by atoms with Gasteiger partial charge in [0.1, 0.15) is 12.4 Å². The molecule has 7 nitrogen and oxygen atoms in total. The molecule has 140 valence electrons. The molecule has 0 radical (unpaired) electrons. The summed E-state index contributed by atoms with van der Waals surface area (Å²) in [6.07, 6.45) is 3.86. The Morgan fingerprint density at radius 3 is 2.92 bits per heavy atom. The molecule has 2 aromatic rings. The van der Waals surface area contributed by atoms with E-state index in [9.17, 15) is 9.90 Å². The maximum absolute atomic E-state index is 11.9. The third-order valence-corrected chi connectivity index (χ3v) is 4.63. The van der Waals surface area contributed by atoms with Crippen molar-refractivity contribution in [3.8, 4) is 5.75 Å². The number of ether oxygens (including phenoxy) is 1. The van der Waals surface area contributed by atoms with E-state index in [1.165, 1.54) is 12.8 Å². The maximum Gasteiger partial charge on any atom is 0.252 e. The molecular formula is C19H25N3O4. The van der Waals surface area contributed by atoms with Gasteiger partial charge in [0.15, 0.2) is 11.9 Å². The van der Waals surface area contributed by atoms with Crippen molar-refractivity contribution in [3.05, 3.63) is 41.5 Å². The Morgan fingerprint density at radius 2 is 2.15 bits per heavy atom. The third kappa shape index (κ3) is 4.82. The molecule has 2 N–H and O–H groups in total. The highest BCUT2D eigenvalue weighted by atomic mass is 16.5. The van der Waals surface area contributed by atoms with Crippen LogP contribution in [0, 0.1) is 6.92 Å². The third-order valence-electron chi connectivity index (χ3n) is 4.63. The average Bonchev–Trinajstić information content (AvgIpc) is 3.32. The van der Waals surface area contributed by atoms with Crippen molar-refractivity contribution < 1.29 is 19.2 Å². The van der Waals surface area contributed by atoms with Gasteiger partial charge in [-0.15, -0.1) is 0 Å². The Balaban J connectivity index is 1.38. The van der Waals surface area contributed by atoms with Crippen molar-refractivity contribution in [2.75, 3.05) is 13.2 Å². The zero-order valence-corrected chi connectivity index (χ0v) is 15.0. The van der Waals surface area contributed by atoms with Crippen LogP contribution in [-0.2, 0) is 11.2 Å². The molecule has 0 bridgehead atoms. The summed E-state index contributed by atoms with van der Waals surface area (Å²) in [5.74, 6) is 1.85. The number of rotatable bonds is 8. The molecule has 1 fully saturated rings. The van der Waals surface area contributed by atoms with Gasteiger partial charge in [0.25, 0.3) is 5.91 Å². The highest BCUT2D eigenvalue weighted by Crippen LogP contribution is 2.32. The Bertz CT molecular complexity index is 725. The van der Waals surface area contributed by atoms with E-state index in [0.29, 0.717) is 36.3 Å². The van der Waals surface area contributed by atoms with Crippen LogP contribution in [0.3, 0.4) is 0 Å². The smallest absolute Gasteiger partial charge is 0.252 e. The van der Waals surface area contributed by atoms with Gasteiger partial charge < -0.3 is 19.7 Å². The Labute approximate surface area is 152 Å². The summed E-state index contributed by atoms with van der Waals surface area (Å²) in [6.45, 7) is 2.15. The lowest BCUT2D eigenvalue weighted by Gasteiger charge is -2.13. The summed E-state index contributed by atoms with van der Waals surface area (Å²) in [6, 6.07) is 7.46. The van der Waals surface area contributed by atoms with Gasteiger partial charge in [0.2, 0.25) is 5.89 Å². The van der Waals surface area contributed by atoms with E-state index in [0.717, 1.165) is 18.4 Å². The molecule has 1 aromatic carbocycles. The van der Waals surface area contributed by atoms with Gasteiger partial charge in [-0.3, -0.25) is 4.79 Å². The summed E-state index contributed by atoms with van der Waals surface area (Å²) in [5, 5.41) is 16.6. The van der Waals surface area contributed by atoms with Crippen LogP contribution in [0.5, 0.6) is 5.75 Å². The second-order valence-electron chi connectivity index (χ2n) is 6.66. The van der Waals surface area contributed by atoms with Gasteiger partial charge in [0.05, 0.1) is 0 Å². The van der Waals surface area contributed by atoms with Crippen molar-refractivity contribution in [2.45, 2.75) is 51.0 Å². The van der Waals surface area contributed by atoms with Crippen LogP contribution in [0.2, 0.25) is 0 Å². The van der Waals surface area contributed by atoms with Crippen LogP contribution in [0.25, 0.3) is 0 Å².